The molecule has 172 valence electrons. The summed E-state index contributed by atoms with van der Waals surface area (Å²) in [4.78, 5) is 40.2. The molecule has 0 radical (unpaired) electrons. The summed E-state index contributed by atoms with van der Waals surface area (Å²) >= 11 is 6.79. The lowest BCUT2D eigenvalue weighted by atomic mass is 9.81. The molecule has 0 bridgehead atoms. The van der Waals surface area contributed by atoms with Crippen LogP contribution < -0.4 is 15.7 Å². The van der Waals surface area contributed by atoms with Gasteiger partial charge in [-0.25, -0.2) is 4.79 Å². The first-order valence-corrected chi connectivity index (χ1v) is 12.3. The van der Waals surface area contributed by atoms with Gasteiger partial charge in [0.1, 0.15) is 5.58 Å². The number of ether oxygens (including phenoxy) is 1. The van der Waals surface area contributed by atoms with Crippen molar-refractivity contribution in [2.45, 2.75) is 12.0 Å². The van der Waals surface area contributed by atoms with Crippen LogP contribution in [0.25, 0.3) is 11.0 Å². The van der Waals surface area contributed by atoms with Crippen molar-refractivity contribution in [3.8, 4) is 5.75 Å². The van der Waals surface area contributed by atoms with Gasteiger partial charge >= 0.3 is 5.63 Å². The lowest BCUT2D eigenvalue weighted by Gasteiger charge is -2.26. The Balaban J connectivity index is 1.52. The largest absolute Gasteiger partial charge is 0.440 e. The molecule has 6 rings (SSSR count). The minimum absolute atomic E-state index is 0.182. The molecule has 2 aliphatic rings. The number of carbonyl (C=O) groups excluding carboxylic acids is 2. The van der Waals surface area contributed by atoms with E-state index in [2.05, 4.69) is 37.2 Å². The first-order chi connectivity index (χ1) is 16.9. The van der Waals surface area contributed by atoms with Crippen LogP contribution in [0.1, 0.15) is 27.4 Å². The second kappa shape index (κ2) is 8.32. The Kier molecular flexibility index (Phi) is 5.23. The molecule has 35 heavy (non-hydrogen) atoms. The SMILES string of the molecule is O=C1C2=C(N[C@H]1C(=O)c1ccc(Br)cc1)Oc1c(c(=O)oc3ccccc13)[C@@H]2c1ccc(Br)cc1. The van der Waals surface area contributed by atoms with Crippen LogP contribution in [0.5, 0.6) is 5.75 Å². The van der Waals surface area contributed by atoms with Gasteiger partial charge in [-0.15, -0.1) is 0 Å². The van der Waals surface area contributed by atoms with E-state index in [4.69, 9.17) is 9.15 Å². The van der Waals surface area contributed by atoms with Crippen LogP contribution in [0.15, 0.2) is 102 Å². The van der Waals surface area contributed by atoms with Crippen LogP contribution in [-0.2, 0) is 4.79 Å². The molecule has 4 aromatic rings. The van der Waals surface area contributed by atoms with Gasteiger partial charge in [-0.3, -0.25) is 9.59 Å². The summed E-state index contributed by atoms with van der Waals surface area (Å²) < 4.78 is 13.4. The zero-order valence-corrected chi connectivity index (χ0v) is 21.1. The lowest BCUT2D eigenvalue weighted by molar-refractivity contribution is -0.115. The van der Waals surface area contributed by atoms with Crippen LogP contribution in [0.3, 0.4) is 0 Å². The van der Waals surface area contributed by atoms with Crippen LogP contribution >= 0.6 is 31.9 Å². The van der Waals surface area contributed by atoms with Gasteiger partial charge in [-0.05, 0) is 42.0 Å². The number of halogens is 2. The van der Waals surface area contributed by atoms with E-state index in [0.29, 0.717) is 27.8 Å². The third kappa shape index (κ3) is 3.56. The van der Waals surface area contributed by atoms with Gasteiger partial charge in [0.2, 0.25) is 5.88 Å². The fourth-order valence-corrected chi connectivity index (χ4v) is 5.12. The zero-order valence-electron chi connectivity index (χ0n) is 17.9. The highest BCUT2D eigenvalue weighted by molar-refractivity contribution is 9.10. The Morgan fingerprint density at radius 3 is 2.23 bits per heavy atom. The van der Waals surface area contributed by atoms with Gasteiger partial charge in [-0.2, -0.15) is 0 Å². The number of rotatable bonds is 3. The average Bonchev–Trinajstić information content (AvgIpc) is 3.19. The van der Waals surface area contributed by atoms with E-state index in [1.54, 1.807) is 42.5 Å². The molecule has 0 saturated carbocycles. The number of benzene rings is 3. The molecule has 1 aromatic heterocycles. The maximum Gasteiger partial charge on any atom is 0.344 e. The Labute approximate surface area is 215 Å². The molecular formula is C27H15Br2NO5. The van der Waals surface area contributed by atoms with Gasteiger partial charge in [0.05, 0.1) is 22.4 Å². The van der Waals surface area contributed by atoms with Crippen LogP contribution in [-0.4, -0.2) is 17.6 Å². The van der Waals surface area contributed by atoms with Crippen molar-refractivity contribution in [3.63, 3.8) is 0 Å². The summed E-state index contributed by atoms with van der Waals surface area (Å²) in [5.74, 6) is -1.07. The zero-order chi connectivity index (χ0) is 24.3. The number of ketones is 2. The summed E-state index contributed by atoms with van der Waals surface area (Å²) in [6, 6.07) is 20.0. The van der Waals surface area contributed by atoms with E-state index >= 15 is 0 Å². The fraction of sp³-hybridized carbons (Fsp3) is 0.0741. The Morgan fingerprint density at radius 1 is 0.857 bits per heavy atom. The van der Waals surface area contributed by atoms with Crippen molar-refractivity contribution in [2.75, 3.05) is 0 Å². The normalized spacial score (nSPS) is 18.6. The number of fused-ring (bicyclic) bond motifs is 3. The van der Waals surface area contributed by atoms with Gasteiger partial charge < -0.3 is 14.5 Å². The van der Waals surface area contributed by atoms with Crippen molar-refractivity contribution in [2.24, 2.45) is 0 Å². The average molecular weight is 593 g/mol. The maximum atomic E-state index is 13.7. The van der Waals surface area contributed by atoms with Crippen molar-refractivity contribution >= 4 is 54.4 Å². The number of hydrogen-bond donors (Lipinski definition) is 1. The maximum absolute atomic E-state index is 13.7. The first-order valence-electron chi connectivity index (χ1n) is 10.8. The second-order valence-electron chi connectivity index (χ2n) is 8.27. The molecule has 2 atom stereocenters. The van der Waals surface area contributed by atoms with Crippen LogP contribution in [0.2, 0.25) is 0 Å². The smallest absolute Gasteiger partial charge is 0.344 e. The summed E-state index contributed by atoms with van der Waals surface area (Å²) in [7, 11) is 0. The molecule has 0 saturated heterocycles. The van der Waals surface area contributed by atoms with Gasteiger partial charge in [0.25, 0.3) is 0 Å². The molecule has 3 aromatic carbocycles. The molecule has 3 heterocycles. The molecule has 8 heteroatoms. The van der Waals surface area contributed by atoms with E-state index in [0.717, 1.165) is 8.95 Å². The third-order valence-corrected chi connectivity index (χ3v) is 7.28. The predicted octanol–water partition coefficient (Wildman–Crippen LogP) is 5.48. The molecular weight excluding hydrogens is 578 g/mol. The second-order valence-corrected chi connectivity index (χ2v) is 10.1. The highest BCUT2D eigenvalue weighted by atomic mass is 79.9. The fourth-order valence-electron chi connectivity index (χ4n) is 4.59. The number of para-hydroxylation sites is 1. The van der Waals surface area contributed by atoms with Gasteiger partial charge in [0.15, 0.2) is 23.4 Å². The number of carbonyl (C=O) groups is 2. The van der Waals surface area contributed by atoms with Crippen molar-refractivity contribution in [1.29, 1.82) is 0 Å². The van der Waals surface area contributed by atoms with E-state index in [-0.39, 0.29) is 22.8 Å². The summed E-state index contributed by atoms with van der Waals surface area (Å²) in [6.45, 7) is 0. The summed E-state index contributed by atoms with van der Waals surface area (Å²) in [6.07, 6.45) is 0. The first kappa shape index (κ1) is 22.0. The van der Waals surface area contributed by atoms with E-state index in [1.807, 2.05) is 30.3 Å². The number of Topliss-reactive ketones (excluding diaryl/α,β-unsaturated/α-hetero) is 2. The van der Waals surface area contributed by atoms with Crippen molar-refractivity contribution in [1.82, 2.24) is 5.32 Å². The van der Waals surface area contributed by atoms with Crippen molar-refractivity contribution in [3.05, 3.63) is 120 Å². The van der Waals surface area contributed by atoms with Gasteiger partial charge in [-0.1, -0.05) is 68.3 Å². The van der Waals surface area contributed by atoms with Gasteiger partial charge in [0, 0.05) is 14.5 Å². The van der Waals surface area contributed by atoms with E-state index in [1.165, 1.54) is 0 Å². The highest BCUT2D eigenvalue weighted by Gasteiger charge is 2.47. The Hall–Kier alpha value is -3.49. The summed E-state index contributed by atoms with van der Waals surface area (Å²) in [5.41, 5.74) is 1.35. The monoisotopic (exact) mass is 591 g/mol. The topological polar surface area (TPSA) is 85.6 Å². The molecule has 0 fully saturated rings. The minimum Gasteiger partial charge on any atom is -0.440 e. The Morgan fingerprint density at radius 2 is 1.51 bits per heavy atom. The predicted molar refractivity (Wildman–Crippen MR) is 137 cm³/mol. The molecule has 6 nitrogen and oxygen atoms in total. The third-order valence-electron chi connectivity index (χ3n) is 6.22. The van der Waals surface area contributed by atoms with E-state index < -0.39 is 23.4 Å². The van der Waals surface area contributed by atoms with Crippen LogP contribution in [0, 0.1) is 0 Å². The molecule has 0 spiro atoms. The quantitative estimate of drug-likeness (QED) is 0.193. The standard InChI is InChI=1S/C27H15Br2NO5/c28-15-9-5-13(6-10-15)19-20-24(32)22(23(31)14-7-11-16(29)12-8-14)30-26(20)35-25-17-3-1-2-4-18(17)34-27(33)21(19)25/h1-12,19,22,30H/t19-,22+/m1/s1. The molecule has 0 unspecified atom stereocenters. The lowest BCUT2D eigenvalue weighted by Crippen LogP contribution is -2.38. The number of hydrogen-bond acceptors (Lipinski definition) is 6. The molecule has 0 aliphatic carbocycles. The molecule has 2 aliphatic heterocycles. The van der Waals surface area contributed by atoms with E-state index in [9.17, 15) is 14.4 Å². The minimum atomic E-state index is -1.16. The number of nitrogens with one attached hydrogen (secondary N) is 1. The van der Waals surface area contributed by atoms with Crippen LogP contribution in [0.4, 0.5) is 0 Å². The molecule has 0 amide bonds. The Bertz CT molecular complexity index is 1620. The highest BCUT2D eigenvalue weighted by Crippen LogP contribution is 2.46. The summed E-state index contributed by atoms with van der Waals surface area (Å²) in [5, 5.41) is 3.60. The molecule has 1 N–H and O–H groups in total. The van der Waals surface area contributed by atoms with Crippen molar-refractivity contribution < 1.29 is 18.7 Å².